The molecular weight excluding hydrogens is 437 g/mol. The Morgan fingerprint density at radius 1 is 0.964 bits per heavy atom. The number of halogens is 3. The minimum atomic E-state index is 0.338. The Balaban J connectivity index is 1.74. The van der Waals surface area contributed by atoms with E-state index in [1.54, 1.807) is 12.1 Å². The van der Waals surface area contributed by atoms with Crippen molar-refractivity contribution >= 4 is 63.5 Å². The van der Waals surface area contributed by atoms with Crippen LogP contribution < -0.4 is 5.73 Å². The van der Waals surface area contributed by atoms with E-state index in [1.165, 1.54) is 23.7 Å². The Kier molecular flexibility index (Phi) is 5.64. The molecule has 0 bridgehead atoms. The number of nitrogens with two attached hydrogens (primary N) is 1. The molecule has 0 unspecified atom stereocenters. The molecule has 9 heteroatoms. The third-order valence-corrected chi connectivity index (χ3v) is 6.37. The fourth-order valence-corrected chi connectivity index (χ4v) is 4.46. The van der Waals surface area contributed by atoms with Gasteiger partial charge in [0.1, 0.15) is 6.33 Å². The van der Waals surface area contributed by atoms with E-state index in [4.69, 9.17) is 40.5 Å². The van der Waals surface area contributed by atoms with Crippen molar-refractivity contribution in [3.8, 4) is 0 Å². The third-order valence-electron chi connectivity index (χ3n) is 4.17. The normalized spacial score (nSPS) is 11.2. The molecule has 4 aromatic rings. The lowest BCUT2D eigenvalue weighted by Gasteiger charge is -2.10. The Labute approximate surface area is 180 Å². The second-order valence-corrected chi connectivity index (χ2v) is 8.24. The number of rotatable bonds is 5. The van der Waals surface area contributed by atoms with Gasteiger partial charge in [-0.05, 0) is 35.9 Å². The van der Waals surface area contributed by atoms with Gasteiger partial charge >= 0.3 is 0 Å². The minimum absolute atomic E-state index is 0.338. The highest BCUT2D eigenvalue weighted by atomic mass is 35.5. The van der Waals surface area contributed by atoms with E-state index in [0.717, 1.165) is 11.3 Å². The van der Waals surface area contributed by atoms with Crippen molar-refractivity contribution in [2.24, 2.45) is 0 Å². The van der Waals surface area contributed by atoms with Crippen LogP contribution in [0.1, 0.15) is 5.56 Å². The molecule has 0 radical (unpaired) electrons. The van der Waals surface area contributed by atoms with Gasteiger partial charge in [0.05, 0.1) is 15.1 Å². The molecule has 142 valence electrons. The molecule has 2 N–H and O–H groups in total. The molecule has 0 aliphatic carbocycles. The lowest BCUT2D eigenvalue weighted by atomic mass is 10.1. The number of anilines is 1. The summed E-state index contributed by atoms with van der Waals surface area (Å²) in [5, 5.41) is 2.04. The summed E-state index contributed by atoms with van der Waals surface area (Å²) in [6, 6.07) is 13.6. The minimum Gasteiger partial charge on any atom is -0.382 e. The van der Waals surface area contributed by atoms with Crippen LogP contribution in [0.4, 0.5) is 5.82 Å². The second-order valence-electron chi connectivity index (χ2n) is 6.01. The van der Waals surface area contributed by atoms with Crippen LogP contribution in [-0.2, 0) is 13.0 Å². The number of aromatic nitrogens is 4. The van der Waals surface area contributed by atoms with Crippen LogP contribution in [0.15, 0.2) is 58.8 Å². The van der Waals surface area contributed by atoms with Gasteiger partial charge in [0.25, 0.3) is 0 Å². The van der Waals surface area contributed by atoms with Crippen LogP contribution in [0.3, 0.4) is 0 Å². The van der Waals surface area contributed by atoms with Gasteiger partial charge in [0, 0.05) is 11.4 Å². The molecular formula is C19H14Cl3N5S. The van der Waals surface area contributed by atoms with E-state index < -0.39 is 0 Å². The molecule has 0 aliphatic heterocycles. The third kappa shape index (κ3) is 3.91. The number of imidazole rings is 1. The summed E-state index contributed by atoms with van der Waals surface area (Å²) >= 11 is 19.9. The lowest BCUT2D eigenvalue weighted by Crippen LogP contribution is -2.04. The van der Waals surface area contributed by atoms with Crippen LogP contribution in [0.5, 0.6) is 0 Å². The van der Waals surface area contributed by atoms with Gasteiger partial charge in [-0.15, -0.1) is 0 Å². The molecule has 0 saturated heterocycles. The highest BCUT2D eigenvalue weighted by molar-refractivity contribution is 7.99. The van der Waals surface area contributed by atoms with Crippen LogP contribution in [0.25, 0.3) is 11.2 Å². The number of benzene rings is 2. The van der Waals surface area contributed by atoms with Crippen molar-refractivity contribution in [3.63, 3.8) is 0 Å². The monoisotopic (exact) mass is 449 g/mol. The summed E-state index contributed by atoms with van der Waals surface area (Å²) in [6.07, 6.45) is 2.26. The van der Waals surface area contributed by atoms with Crippen LogP contribution in [-0.4, -0.2) is 19.5 Å². The Hall–Kier alpha value is -1.99. The Bertz CT molecular complexity index is 1150. The van der Waals surface area contributed by atoms with Crippen molar-refractivity contribution < 1.29 is 0 Å². The van der Waals surface area contributed by atoms with Crippen LogP contribution in [0, 0.1) is 0 Å². The van der Waals surface area contributed by atoms with Crippen molar-refractivity contribution in [3.05, 3.63) is 69.4 Å². The van der Waals surface area contributed by atoms with Gasteiger partial charge < -0.3 is 10.3 Å². The first kappa shape index (κ1) is 19.3. The molecule has 5 nitrogen and oxygen atoms in total. The lowest BCUT2D eigenvalue weighted by molar-refractivity contribution is 0.647. The zero-order valence-electron chi connectivity index (χ0n) is 14.4. The molecule has 28 heavy (non-hydrogen) atoms. The summed E-state index contributed by atoms with van der Waals surface area (Å²) in [6.45, 7) is 0.679. The van der Waals surface area contributed by atoms with Crippen LogP contribution in [0.2, 0.25) is 15.1 Å². The highest BCUT2D eigenvalue weighted by Gasteiger charge is 2.18. The van der Waals surface area contributed by atoms with E-state index in [0.29, 0.717) is 43.8 Å². The molecule has 2 heterocycles. The molecule has 0 saturated carbocycles. The van der Waals surface area contributed by atoms with E-state index >= 15 is 0 Å². The molecule has 4 rings (SSSR count). The predicted molar refractivity (Wildman–Crippen MR) is 115 cm³/mol. The fourth-order valence-electron chi connectivity index (χ4n) is 2.78. The van der Waals surface area contributed by atoms with E-state index in [-0.39, 0.29) is 0 Å². The zero-order valence-corrected chi connectivity index (χ0v) is 17.5. The maximum atomic E-state index is 6.35. The molecule has 0 spiro atoms. The fraction of sp³-hybridized carbons (Fsp3) is 0.105. The number of nitrogens with zero attached hydrogens (tertiary/aromatic N) is 4. The second kappa shape index (κ2) is 8.17. The van der Waals surface area contributed by atoms with E-state index in [9.17, 15) is 0 Å². The number of aryl methyl sites for hydroxylation is 2. The molecule has 0 atom stereocenters. The number of fused-ring (bicyclic) bond motifs is 1. The first-order valence-corrected chi connectivity index (χ1v) is 10.3. The molecule has 0 aliphatic rings. The first-order valence-electron chi connectivity index (χ1n) is 8.36. The largest absolute Gasteiger partial charge is 0.382 e. The summed E-state index contributed by atoms with van der Waals surface area (Å²) in [5.74, 6) is 0.338. The topological polar surface area (TPSA) is 69.6 Å². The zero-order chi connectivity index (χ0) is 19.7. The number of hydrogen-bond acceptors (Lipinski definition) is 5. The maximum absolute atomic E-state index is 6.35. The van der Waals surface area contributed by atoms with Gasteiger partial charge in [-0.2, -0.15) is 0 Å². The summed E-state index contributed by atoms with van der Waals surface area (Å²) < 4.78 is 2.02. The summed E-state index contributed by atoms with van der Waals surface area (Å²) in [5.41, 5.74) is 8.48. The standard InChI is InChI=1S/C19H14Cl3N5S/c20-12-8-14(22)15(9-13(12)21)28-19-26-16-17(23)24-10-25-18(16)27(19)7-6-11-4-2-1-3-5-11/h1-5,8-10H,6-7H2,(H2,23,24,25). The summed E-state index contributed by atoms with van der Waals surface area (Å²) in [4.78, 5) is 13.8. The van der Waals surface area contributed by atoms with Crippen molar-refractivity contribution in [2.45, 2.75) is 23.0 Å². The SMILES string of the molecule is Nc1ncnc2c1nc(Sc1cc(Cl)c(Cl)cc1Cl)n2CCc1ccccc1. The van der Waals surface area contributed by atoms with Crippen LogP contribution >= 0.6 is 46.6 Å². The van der Waals surface area contributed by atoms with E-state index in [2.05, 4.69) is 27.1 Å². The molecule has 2 aromatic heterocycles. The molecule has 2 aromatic carbocycles. The Morgan fingerprint density at radius 3 is 2.50 bits per heavy atom. The maximum Gasteiger partial charge on any atom is 0.175 e. The highest BCUT2D eigenvalue weighted by Crippen LogP contribution is 2.39. The average Bonchev–Trinajstić information content (AvgIpc) is 3.04. The van der Waals surface area contributed by atoms with Gasteiger partial charge in [-0.3, -0.25) is 0 Å². The number of hydrogen-bond donors (Lipinski definition) is 1. The molecule has 0 amide bonds. The van der Waals surface area contributed by atoms with Crippen molar-refractivity contribution in [2.75, 3.05) is 5.73 Å². The quantitative estimate of drug-likeness (QED) is 0.391. The average molecular weight is 451 g/mol. The Morgan fingerprint density at radius 2 is 1.71 bits per heavy atom. The molecule has 0 fully saturated rings. The van der Waals surface area contributed by atoms with Crippen molar-refractivity contribution in [1.29, 1.82) is 0 Å². The van der Waals surface area contributed by atoms with Gasteiger partial charge in [0.15, 0.2) is 22.1 Å². The van der Waals surface area contributed by atoms with E-state index in [1.807, 2.05) is 22.8 Å². The first-order chi connectivity index (χ1) is 13.5. The van der Waals surface area contributed by atoms with Gasteiger partial charge in [-0.25, -0.2) is 15.0 Å². The smallest absolute Gasteiger partial charge is 0.175 e. The van der Waals surface area contributed by atoms with Gasteiger partial charge in [-0.1, -0.05) is 65.1 Å². The van der Waals surface area contributed by atoms with Crippen molar-refractivity contribution in [1.82, 2.24) is 19.5 Å². The van der Waals surface area contributed by atoms with Gasteiger partial charge in [0.2, 0.25) is 0 Å². The summed E-state index contributed by atoms with van der Waals surface area (Å²) in [7, 11) is 0. The predicted octanol–water partition coefficient (Wildman–Crippen LogP) is 5.76. The number of nitrogen functional groups attached to an aromatic ring is 1.